The smallest absolute Gasteiger partial charge is 0.161 e. The number of benzene rings is 1. The fraction of sp³-hybridized carbons (Fsp3) is 0.0833. The maximum absolute atomic E-state index is 13.4. The van der Waals surface area contributed by atoms with Crippen molar-refractivity contribution in [2.75, 3.05) is 5.32 Å². The molecule has 1 heterocycles. The minimum Gasteiger partial charge on any atom is -0.338 e. The van der Waals surface area contributed by atoms with Gasteiger partial charge in [-0.25, -0.2) is 18.2 Å². The monoisotopic (exact) mass is 316 g/mol. The maximum atomic E-state index is 13.4. The summed E-state index contributed by atoms with van der Waals surface area (Å²) in [5.41, 5.74) is 0.721. The first-order valence-corrected chi connectivity index (χ1v) is 5.80. The van der Waals surface area contributed by atoms with Crippen LogP contribution in [0.2, 0.25) is 0 Å². The van der Waals surface area contributed by atoms with E-state index in [0.29, 0.717) is 11.9 Å². The second-order valence-electron chi connectivity index (χ2n) is 3.69. The third kappa shape index (κ3) is 2.64. The molecule has 1 aromatic heterocycles. The van der Waals surface area contributed by atoms with Crippen molar-refractivity contribution in [2.24, 2.45) is 0 Å². The number of nitrogens with zero attached hydrogens (tertiary/aromatic N) is 1. The van der Waals surface area contributed by atoms with Gasteiger partial charge in [0.2, 0.25) is 0 Å². The summed E-state index contributed by atoms with van der Waals surface area (Å²) in [6.45, 7) is 1.83. The van der Waals surface area contributed by atoms with Crippen LogP contribution in [0.4, 0.5) is 24.7 Å². The van der Waals surface area contributed by atoms with E-state index in [4.69, 9.17) is 0 Å². The molecule has 0 amide bonds. The van der Waals surface area contributed by atoms with Gasteiger partial charge in [0.1, 0.15) is 11.6 Å². The summed E-state index contributed by atoms with van der Waals surface area (Å²) in [6.07, 6.45) is 1.54. The number of aryl methyl sites for hydroxylation is 1. The van der Waals surface area contributed by atoms with Crippen LogP contribution in [0.5, 0.6) is 0 Å². The van der Waals surface area contributed by atoms with E-state index in [9.17, 15) is 13.2 Å². The molecular formula is C12H8BrF3N2. The lowest BCUT2D eigenvalue weighted by atomic mass is 10.2. The molecule has 0 atom stereocenters. The minimum atomic E-state index is -1.22. The summed E-state index contributed by atoms with van der Waals surface area (Å²) in [7, 11) is 0. The molecule has 2 nitrogen and oxygen atoms in total. The Bertz CT molecular complexity index is 602. The topological polar surface area (TPSA) is 24.9 Å². The van der Waals surface area contributed by atoms with Gasteiger partial charge in [-0.3, -0.25) is 0 Å². The third-order valence-electron chi connectivity index (χ3n) is 2.32. The first-order chi connectivity index (χ1) is 8.47. The predicted octanol–water partition coefficient (Wildman–Crippen LogP) is 4.31. The molecule has 0 radical (unpaired) electrons. The molecule has 1 N–H and O–H groups in total. The van der Waals surface area contributed by atoms with E-state index >= 15 is 0 Å². The summed E-state index contributed by atoms with van der Waals surface area (Å²) in [4.78, 5) is 3.99. The molecule has 0 aliphatic carbocycles. The molecule has 0 aliphatic rings. The van der Waals surface area contributed by atoms with Crippen molar-refractivity contribution in [3.63, 3.8) is 0 Å². The van der Waals surface area contributed by atoms with Crippen LogP contribution >= 0.6 is 15.9 Å². The lowest BCUT2D eigenvalue weighted by Gasteiger charge is -2.08. The van der Waals surface area contributed by atoms with Gasteiger partial charge in [0.05, 0.1) is 5.69 Å². The zero-order chi connectivity index (χ0) is 13.3. The number of pyridine rings is 1. The summed E-state index contributed by atoms with van der Waals surface area (Å²) in [5.74, 6) is -2.87. The standard InChI is InChI=1S/C12H8BrF3N2/c1-6-2-12(17-5-7(6)13)18-11-4-9(15)8(14)3-10(11)16/h2-5H,1H3,(H,17,18). The van der Waals surface area contributed by atoms with Crippen molar-refractivity contribution >= 4 is 27.4 Å². The Morgan fingerprint density at radius 3 is 2.39 bits per heavy atom. The van der Waals surface area contributed by atoms with Gasteiger partial charge < -0.3 is 5.32 Å². The number of nitrogens with one attached hydrogen (secondary N) is 1. The Kier molecular flexibility index (Phi) is 3.56. The van der Waals surface area contributed by atoms with Crippen LogP contribution < -0.4 is 5.32 Å². The van der Waals surface area contributed by atoms with E-state index < -0.39 is 17.5 Å². The van der Waals surface area contributed by atoms with Crippen LogP contribution in [0.25, 0.3) is 0 Å². The Morgan fingerprint density at radius 1 is 1.06 bits per heavy atom. The highest BCUT2D eigenvalue weighted by Crippen LogP contribution is 2.24. The first kappa shape index (κ1) is 12.9. The van der Waals surface area contributed by atoms with Crippen molar-refractivity contribution in [3.8, 4) is 0 Å². The molecule has 0 aliphatic heterocycles. The Balaban J connectivity index is 2.34. The number of halogens is 4. The Morgan fingerprint density at radius 2 is 1.72 bits per heavy atom. The van der Waals surface area contributed by atoms with Crippen molar-refractivity contribution in [3.05, 3.63) is 51.9 Å². The van der Waals surface area contributed by atoms with E-state index in [1.165, 1.54) is 6.20 Å². The molecule has 18 heavy (non-hydrogen) atoms. The lowest BCUT2D eigenvalue weighted by Crippen LogP contribution is -1.99. The molecule has 6 heteroatoms. The van der Waals surface area contributed by atoms with E-state index in [0.717, 1.165) is 16.1 Å². The van der Waals surface area contributed by atoms with Gasteiger partial charge in [0, 0.05) is 22.8 Å². The van der Waals surface area contributed by atoms with Gasteiger partial charge in [0.25, 0.3) is 0 Å². The minimum absolute atomic E-state index is 0.164. The van der Waals surface area contributed by atoms with Gasteiger partial charge in [-0.1, -0.05) is 0 Å². The van der Waals surface area contributed by atoms with E-state index in [-0.39, 0.29) is 5.69 Å². The summed E-state index contributed by atoms with van der Waals surface area (Å²) < 4.78 is 39.9. The molecule has 1 aromatic carbocycles. The fourth-order valence-electron chi connectivity index (χ4n) is 1.36. The predicted molar refractivity (Wildman–Crippen MR) is 66.3 cm³/mol. The summed E-state index contributed by atoms with van der Waals surface area (Å²) in [6, 6.07) is 2.90. The highest BCUT2D eigenvalue weighted by atomic mass is 79.9. The first-order valence-electron chi connectivity index (χ1n) is 5.01. The van der Waals surface area contributed by atoms with Crippen molar-refractivity contribution in [1.29, 1.82) is 0 Å². The fourth-order valence-corrected chi connectivity index (χ4v) is 1.58. The number of hydrogen-bond donors (Lipinski definition) is 1. The SMILES string of the molecule is Cc1cc(Nc2cc(F)c(F)cc2F)ncc1Br. The number of aromatic nitrogens is 1. The highest BCUT2D eigenvalue weighted by Gasteiger charge is 2.10. The highest BCUT2D eigenvalue weighted by molar-refractivity contribution is 9.10. The van der Waals surface area contributed by atoms with Crippen LogP contribution in [0.15, 0.2) is 28.9 Å². The molecule has 0 unspecified atom stereocenters. The van der Waals surface area contributed by atoms with Crippen molar-refractivity contribution in [1.82, 2.24) is 4.98 Å². The molecule has 0 spiro atoms. The molecule has 94 valence electrons. The van der Waals surface area contributed by atoms with E-state index in [1.54, 1.807) is 6.07 Å². The van der Waals surface area contributed by atoms with Gasteiger partial charge in [-0.05, 0) is 34.5 Å². The Labute approximate surface area is 110 Å². The van der Waals surface area contributed by atoms with Gasteiger partial charge in [0.15, 0.2) is 11.6 Å². The van der Waals surface area contributed by atoms with Crippen molar-refractivity contribution in [2.45, 2.75) is 6.92 Å². The van der Waals surface area contributed by atoms with Gasteiger partial charge >= 0.3 is 0 Å². The van der Waals surface area contributed by atoms with Crippen LogP contribution in [0.1, 0.15) is 5.56 Å². The zero-order valence-electron chi connectivity index (χ0n) is 9.27. The quantitative estimate of drug-likeness (QED) is 0.835. The average Bonchev–Trinajstić information content (AvgIpc) is 2.31. The average molecular weight is 317 g/mol. The van der Waals surface area contributed by atoms with Crippen LogP contribution in [0, 0.1) is 24.4 Å². The molecule has 2 rings (SSSR count). The second-order valence-corrected chi connectivity index (χ2v) is 4.54. The van der Waals surface area contributed by atoms with Gasteiger partial charge in [-0.2, -0.15) is 0 Å². The number of rotatable bonds is 2. The largest absolute Gasteiger partial charge is 0.338 e. The summed E-state index contributed by atoms with van der Waals surface area (Å²) in [5, 5.41) is 2.59. The number of anilines is 2. The van der Waals surface area contributed by atoms with Crippen LogP contribution in [-0.4, -0.2) is 4.98 Å². The maximum Gasteiger partial charge on any atom is 0.161 e. The van der Waals surface area contributed by atoms with Crippen LogP contribution in [0.3, 0.4) is 0 Å². The normalized spacial score (nSPS) is 10.5. The van der Waals surface area contributed by atoms with Crippen LogP contribution in [-0.2, 0) is 0 Å². The third-order valence-corrected chi connectivity index (χ3v) is 3.15. The zero-order valence-corrected chi connectivity index (χ0v) is 10.9. The van der Waals surface area contributed by atoms with Gasteiger partial charge in [-0.15, -0.1) is 0 Å². The van der Waals surface area contributed by atoms with Crippen molar-refractivity contribution < 1.29 is 13.2 Å². The molecule has 0 saturated carbocycles. The molecule has 2 aromatic rings. The lowest BCUT2D eigenvalue weighted by molar-refractivity contribution is 0.496. The van der Waals surface area contributed by atoms with E-state index in [2.05, 4.69) is 26.2 Å². The number of hydrogen-bond acceptors (Lipinski definition) is 2. The Hall–Kier alpha value is -1.56. The summed E-state index contributed by atoms with van der Waals surface area (Å²) >= 11 is 3.28. The molecular weight excluding hydrogens is 309 g/mol. The molecule has 0 bridgehead atoms. The van der Waals surface area contributed by atoms with E-state index in [1.807, 2.05) is 6.92 Å². The second kappa shape index (κ2) is 4.97. The molecule has 0 fully saturated rings. The molecule has 0 saturated heterocycles.